The first kappa shape index (κ1) is 16.0. The fraction of sp³-hybridized carbons (Fsp3) is 0.278. The van der Waals surface area contributed by atoms with Crippen molar-refractivity contribution in [3.05, 3.63) is 59.4 Å². The van der Waals surface area contributed by atoms with E-state index in [0.717, 1.165) is 11.1 Å². The number of hydrogen-bond acceptors (Lipinski definition) is 5. The van der Waals surface area contributed by atoms with Gasteiger partial charge in [0.1, 0.15) is 11.3 Å². The number of amides is 1. The largest absolute Gasteiger partial charge is 0.505 e. The average molecular weight is 326 g/mol. The summed E-state index contributed by atoms with van der Waals surface area (Å²) >= 11 is 0. The van der Waals surface area contributed by atoms with E-state index in [1.807, 2.05) is 24.3 Å². The topological polar surface area (TPSA) is 88.5 Å². The van der Waals surface area contributed by atoms with Crippen molar-refractivity contribution in [3.8, 4) is 5.75 Å². The van der Waals surface area contributed by atoms with Gasteiger partial charge in [0.2, 0.25) is 0 Å². The van der Waals surface area contributed by atoms with Crippen LogP contribution >= 0.6 is 0 Å². The summed E-state index contributed by atoms with van der Waals surface area (Å²) in [7, 11) is 0. The van der Waals surface area contributed by atoms with Gasteiger partial charge in [-0.3, -0.25) is 4.79 Å². The van der Waals surface area contributed by atoms with E-state index < -0.39 is 17.4 Å². The lowest BCUT2D eigenvalue weighted by Crippen LogP contribution is -2.56. The summed E-state index contributed by atoms with van der Waals surface area (Å²) in [5.41, 5.74) is 0.699. The molecule has 1 amide bonds. The SMILES string of the molecule is CCOC(=O)C1(NC(=O)c2ncccc2O)Cc2ccccc2C1. The number of nitrogens with one attached hydrogen (secondary N) is 1. The monoisotopic (exact) mass is 326 g/mol. The number of nitrogens with zero attached hydrogens (tertiary/aromatic N) is 1. The molecule has 0 radical (unpaired) electrons. The van der Waals surface area contributed by atoms with Crippen molar-refractivity contribution in [2.24, 2.45) is 0 Å². The van der Waals surface area contributed by atoms with E-state index in [-0.39, 0.29) is 18.1 Å². The number of rotatable bonds is 4. The van der Waals surface area contributed by atoms with Gasteiger partial charge in [0.25, 0.3) is 5.91 Å². The summed E-state index contributed by atoms with van der Waals surface area (Å²) in [5, 5.41) is 12.6. The van der Waals surface area contributed by atoms with E-state index in [4.69, 9.17) is 4.74 Å². The Morgan fingerprint density at radius 1 is 1.21 bits per heavy atom. The first-order chi connectivity index (χ1) is 11.6. The number of pyridine rings is 1. The minimum absolute atomic E-state index is 0.114. The number of ether oxygens (including phenoxy) is 1. The van der Waals surface area contributed by atoms with Crippen LogP contribution in [0.1, 0.15) is 28.5 Å². The van der Waals surface area contributed by atoms with Crippen LogP contribution in [0.4, 0.5) is 0 Å². The second-order valence-corrected chi connectivity index (χ2v) is 5.75. The highest BCUT2D eigenvalue weighted by Gasteiger charge is 2.46. The van der Waals surface area contributed by atoms with Crippen molar-refractivity contribution in [1.29, 1.82) is 0 Å². The zero-order valence-corrected chi connectivity index (χ0v) is 13.3. The normalized spacial score (nSPS) is 14.7. The quantitative estimate of drug-likeness (QED) is 0.834. The van der Waals surface area contributed by atoms with Crippen LogP contribution in [0, 0.1) is 0 Å². The van der Waals surface area contributed by atoms with Gasteiger partial charge in [0, 0.05) is 19.0 Å². The summed E-state index contributed by atoms with van der Waals surface area (Å²) in [4.78, 5) is 29.0. The third kappa shape index (κ3) is 2.82. The molecule has 24 heavy (non-hydrogen) atoms. The Kier molecular flexibility index (Phi) is 4.20. The van der Waals surface area contributed by atoms with Gasteiger partial charge in [-0.05, 0) is 30.2 Å². The number of aromatic hydroxyl groups is 1. The minimum atomic E-state index is -1.18. The van der Waals surface area contributed by atoms with Crippen molar-refractivity contribution in [3.63, 3.8) is 0 Å². The van der Waals surface area contributed by atoms with Crippen LogP contribution in [-0.4, -0.2) is 34.1 Å². The van der Waals surface area contributed by atoms with Crippen molar-refractivity contribution in [1.82, 2.24) is 10.3 Å². The fourth-order valence-electron chi connectivity index (χ4n) is 3.02. The highest BCUT2D eigenvalue weighted by molar-refractivity contribution is 5.99. The molecule has 0 fully saturated rings. The summed E-state index contributed by atoms with van der Waals surface area (Å²) < 4.78 is 5.19. The Morgan fingerprint density at radius 3 is 2.46 bits per heavy atom. The van der Waals surface area contributed by atoms with Crippen LogP contribution in [0.25, 0.3) is 0 Å². The van der Waals surface area contributed by atoms with E-state index in [1.54, 1.807) is 6.92 Å². The second kappa shape index (κ2) is 6.31. The summed E-state index contributed by atoms with van der Waals surface area (Å²) in [5.74, 6) is -1.32. The summed E-state index contributed by atoms with van der Waals surface area (Å²) in [6, 6.07) is 10.6. The summed E-state index contributed by atoms with van der Waals surface area (Å²) in [6.07, 6.45) is 2.11. The Bertz CT molecular complexity index is 763. The Hall–Kier alpha value is -2.89. The molecule has 0 atom stereocenters. The van der Waals surface area contributed by atoms with Gasteiger partial charge in [0.15, 0.2) is 5.69 Å². The molecule has 3 rings (SSSR count). The van der Waals surface area contributed by atoms with E-state index in [1.165, 1.54) is 18.3 Å². The van der Waals surface area contributed by atoms with Crippen molar-refractivity contribution in [2.75, 3.05) is 6.61 Å². The van der Waals surface area contributed by atoms with Crippen LogP contribution in [0.5, 0.6) is 5.75 Å². The van der Waals surface area contributed by atoms with Crippen LogP contribution in [0.15, 0.2) is 42.6 Å². The molecule has 124 valence electrons. The molecule has 0 spiro atoms. The zero-order chi connectivity index (χ0) is 17.2. The van der Waals surface area contributed by atoms with Crippen molar-refractivity contribution >= 4 is 11.9 Å². The number of aromatic nitrogens is 1. The van der Waals surface area contributed by atoms with Gasteiger partial charge in [-0.15, -0.1) is 0 Å². The van der Waals surface area contributed by atoms with Gasteiger partial charge in [-0.25, -0.2) is 9.78 Å². The van der Waals surface area contributed by atoms with Crippen molar-refractivity contribution in [2.45, 2.75) is 25.3 Å². The van der Waals surface area contributed by atoms with Crippen LogP contribution < -0.4 is 5.32 Å². The first-order valence-electron chi connectivity index (χ1n) is 7.76. The lowest BCUT2D eigenvalue weighted by Gasteiger charge is -2.27. The number of hydrogen-bond donors (Lipinski definition) is 2. The van der Waals surface area contributed by atoms with Gasteiger partial charge in [-0.2, -0.15) is 0 Å². The van der Waals surface area contributed by atoms with Gasteiger partial charge in [0.05, 0.1) is 6.61 Å². The van der Waals surface area contributed by atoms with E-state index in [2.05, 4.69) is 10.3 Å². The highest BCUT2D eigenvalue weighted by Crippen LogP contribution is 2.31. The third-order valence-electron chi connectivity index (χ3n) is 4.12. The van der Waals surface area contributed by atoms with Crippen LogP contribution in [0.3, 0.4) is 0 Å². The molecule has 1 aromatic heterocycles. The highest BCUT2D eigenvalue weighted by atomic mass is 16.5. The smallest absolute Gasteiger partial charge is 0.332 e. The summed E-state index contributed by atoms with van der Waals surface area (Å²) in [6.45, 7) is 1.95. The maximum atomic E-state index is 12.6. The van der Waals surface area contributed by atoms with Crippen LogP contribution in [-0.2, 0) is 22.4 Å². The number of benzene rings is 1. The molecule has 2 aromatic rings. The Morgan fingerprint density at radius 2 is 1.88 bits per heavy atom. The molecule has 0 unspecified atom stereocenters. The first-order valence-corrected chi connectivity index (χ1v) is 7.76. The molecule has 0 aliphatic heterocycles. The molecular weight excluding hydrogens is 308 g/mol. The number of fused-ring (bicyclic) bond motifs is 1. The molecule has 1 aliphatic rings. The zero-order valence-electron chi connectivity index (χ0n) is 13.3. The maximum absolute atomic E-state index is 12.6. The van der Waals surface area contributed by atoms with Crippen LogP contribution in [0.2, 0.25) is 0 Å². The molecule has 1 aromatic carbocycles. The predicted octanol–water partition coefficient (Wildman–Crippen LogP) is 1.62. The lowest BCUT2D eigenvalue weighted by molar-refractivity contribution is -0.150. The lowest BCUT2D eigenvalue weighted by atomic mass is 9.95. The minimum Gasteiger partial charge on any atom is -0.505 e. The predicted molar refractivity (Wildman–Crippen MR) is 86.6 cm³/mol. The van der Waals surface area contributed by atoms with E-state index in [0.29, 0.717) is 12.8 Å². The molecule has 0 saturated carbocycles. The molecule has 6 nitrogen and oxygen atoms in total. The van der Waals surface area contributed by atoms with E-state index >= 15 is 0 Å². The third-order valence-corrected chi connectivity index (χ3v) is 4.12. The maximum Gasteiger partial charge on any atom is 0.332 e. The molecular formula is C18H18N2O4. The van der Waals surface area contributed by atoms with Crippen molar-refractivity contribution < 1.29 is 19.4 Å². The van der Waals surface area contributed by atoms with Gasteiger partial charge >= 0.3 is 5.97 Å². The number of esters is 1. The van der Waals surface area contributed by atoms with E-state index in [9.17, 15) is 14.7 Å². The molecule has 0 saturated heterocycles. The molecule has 2 N–H and O–H groups in total. The molecule has 0 bridgehead atoms. The van der Waals surface area contributed by atoms with Gasteiger partial charge in [-0.1, -0.05) is 24.3 Å². The number of carbonyl (C=O) groups is 2. The fourth-order valence-corrected chi connectivity index (χ4v) is 3.02. The Balaban J connectivity index is 1.92. The number of carbonyl (C=O) groups excluding carboxylic acids is 2. The molecule has 1 heterocycles. The molecule has 6 heteroatoms. The standard InChI is InChI=1S/C18H18N2O4/c1-2-24-17(23)18(10-12-6-3-4-7-13(12)11-18)20-16(22)15-14(21)8-5-9-19-15/h3-9,21H,2,10-11H2,1H3,(H,20,22). The average Bonchev–Trinajstić information content (AvgIpc) is 2.94. The van der Waals surface area contributed by atoms with Gasteiger partial charge < -0.3 is 15.2 Å². The Labute approximate surface area is 139 Å². The second-order valence-electron chi connectivity index (χ2n) is 5.75. The molecule has 1 aliphatic carbocycles.